The molecule has 2 heterocycles. The Balaban J connectivity index is 1.93. The molecule has 2 aromatic heterocycles. The van der Waals surface area contributed by atoms with Gasteiger partial charge in [-0.15, -0.1) is 11.3 Å². The molecule has 0 saturated heterocycles. The summed E-state index contributed by atoms with van der Waals surface area (Å²) in [4.78, 5) is 4.31. The van der Waals surface area contributed by atoms with Gasteiger partial charge in [-0.05, 0) is 27.7 Å². The number of hydrogen-bond acceptors (Lipinski definition) is 4. The summed E-state index contributed by atoms with van der Waals surface area (Å²) >= 11 is 1.68. The molecular weight excluding hydrogens is 244 g/mol. The zero-order valence-corrected chi connectivity index (χ0v) is 12.2. The zero-order valence-electron chi connectivity index (χ0n) is 11.3. The van der Waals surface area contributed by atoms with Crippen LogP contribution in [0, 0.1) is 0 Å². The molecule has 0 bridgehead atoms. The topological polar surface area (TPSA) is 42.7 Å². The Kier molecular flexibility index (Phi) is 3.82. The van der Waals surface area contributed by atoms with E-state index in [0.29, 0.717) is 0 Å². The third-order valence-corrected chi connectivity index (χ3v) is 3.72. The number of nitrogens with zero attached hydrogens (tertiary/aromatic N) is 3. The predicted molar refractivity (Wildman–Crippen MR) is 74.6 cm³/mol. The fourth-order valence-corrected chi connectivity index (χ4v) is 2.30. The second-order valence-corrected chi connectivity index (χ2v) is 6.36. The van der Waals surface area contributed by atoms with Crippen LogP contribution in [0.4, 0.5) is 0 Å². The Morgan fingerprint density at radius 1 is 1.44 bits per heavy atom. The van der Waals surface area contributed by atoms with E-state index in [-0.39, 0.29) is 11.6 Å². The number of rotatable bonds is 4. The summed E-state index contributed by atoms with van der Waals surface area (Å²) in [5.74, 6) is 0. The van der Waals surface area contributed by atoms with Gasteiger partial charge in [-0.25, -0.2) is 4.98 Å². The molecule has 0 saturated carbocycles. The minimum atomic E-state index is 0.0408. The van der Waals surface area contributed by atoms with Crippen molar-refractivity contribution in [3.63, 3.8) is 0 Å². The van der Waals surface area contributed by atoms with Crippen molar-refractivity contribution in [2.45, 2.75) is 45.8 Å². The van der Waals surface area contributed by atoms with Crippen LogP contribution in [-0.2, 0) is 12.1 Å². The maximum absolute atomic E-state index is 4.39. The SMILES string of the molecule is C[C@H](NCc1cnn(C(C)(C)C)c1)c1nccs1. The van der Waals surface area contributed by atoms with Crippen LogP contribution in [0.2, 0.25) is 0 Å². The number of thiazole rings is 1. The van der Waals surface area contributed by atoms with E-state index in [1.807, 2.05) is 22.5 Å². The van der Waals surface area contributed by atoms with Gasteiger partial charge in [-0.2, -0.15) is 5.10 Å². The van der Waals surface area contributed by atoms with Gasteiger partial charge in [-0.1, -0.05) is 0 Å². The molecule has 0 radical (unpaired) electrons. The lowest BCUT2D eigenvalue weighted by molar-refractivity contribution is 0.355. The van der Waals surface area contributed by atoms with Crippen LogP contribution in [0.25, 0.3) is 0 Å². The third-order valence-electron chi connectivity index (χ3n) is 2.76. The van der Waals surface area contributed by atoms with Crippen molar-refractivity contribution in [3.8, 4) is 0 Å². The largest absolute Gasteiger partial charge is 0.304 e. The van der Waals surface area contributed by atoms with Gasteiger partial charge in [0.05, 0.1) is 17.8 Å². The van der Waals surface area contributed by atoms with Gasteiger partial charge in [0.15, 0.2) is 0 Å². The summed E-state index contributed by atoms with van der Waals surface area (Å²) in [6.45, 7) is 9.39. The van der Waals surface area contributed by atoms with E-state index in [2.05, 4.69) is 49.3 Å². The molecule has 98 valence electrons. The summed E-state index contributed by atoms with van der Waals surface area (Å²) in [6, 6.07) is 0.281. The Morgan fingerprint density at radius 2 is 2.22 bits per heavy atom. The summed E-state index contributed by atoms with van der Waals surface area (Å²) < 4.78 is 2.00. The van der Waals surface area contributed by atoms with E-state index >= 15 is 0 Å². The highest BCUT2D eigenvalue weighted by atomic mass is 32.1. The van der Waals surface area contributed by atoms with Gasteiger partial charge >= 0.3 is 0 Å². The van der Waals surface area contributed by atoms with Crippen molar-refractivity contribution in [1.82, 2.24) is 20.1 Å². The van der Waals surface area contributed by atoms with Crippen molar-refractivity contribution in [3.05, 3.63) is 34.5 Å². The van der Waals surface area contributed by atoms with Crippen LogP contribution in [0.15, 0.2) is 24.0 Å². The van der Waals surface area contributed by atoms with Crippen LogP contribution >= 0.6 is 11.3 Å². The summed E-state index contributed by atoms with van der Waals surface area (Å²) in [6.07, 6.45) is 5.87. The van der Waals surface area contributed by atoms with Gasteiger partial charge in [-0.3, -0.25) is 4.68 Å². The Hall–Kier alpha value is -1.20. The molecule has 5 heteroatoms. The standard InChI is InChI=1S/C13H20N4S/c1-10(12-14-5-6-18-12)15-7-11-8-16-17(9-11)13(2,3)4/h5-6,8-10,15H,7H2,1-4H3/t10-/m0/s1. The summed E-state index contributed by atoms with van der Waals surface area (Å²) in [7, 11) is 0. The molecule has 0 aliphatic heterocycles. The van der Waals surface area contributed by atoms with Crippen LogP contribution in [-0.4, -0.2) is 14.8 Å². The number of aromatic nitrogens is 3. The van der Waals surface area contributed by atoms with Crippen LogP contribution < -0.4 is 5.32 Å². The number of hydrogen-bond donors (Lipinski definition) is 1. The normalized spacial score (nSPS) is 13.8. The van der Waals surface area contributed by atoms with Gasteiger partial charge in [0.25, 0.3) is 0 Å². The van der Waals surface area contributed by atoms with Crippen LogP contribution in [0.1, 0.15) is 44.3 Å². The van der Waals surface area contributed by atoms with Crippen molar-refractivity contribution < 1.29 is 0 Å². The van der Waals surface area contributed by atoms with Crippen molar-refractivity contribution in [2.24, 2.45) is 0 Å². The molecule has 4 nitrogen and oxygen atoms in total. The van der Waals surface area contributed by atoms with E-state index in [9.17, 15) is 0 Å². The third kappa shape index (κ3) is 3.17. The van der Waals surface area contributed by atoms with Crippen molar-refractivity contribution in [1.29, 1.82) is 0 Å². The van der Waals surface area contributed by atoms with Crippen LogP contribution in [0.5, 0.6) is 0 Å². The van der Waals surface area contributed by atoms with Crippen molar-refractivity contribution in [2.75, 3.05) is 0 Å². The first-order chi connectivity index (χ1) is 8.47. The van der Waals surface area contributed by atoms with E-state index in [4.69, 9.17) is 0 Å². The minimum Gasteiger partial charge on any atom is -0.304 e. The highest BCUT2D eigenvalue weighted by Gasteiger charge is 2.14. The molecule has 0 aromatic carbocycles. The molecule has 2 rings (SSSR count). The second kappa shape index (κ2) is 5.20. The lowest BCUT2D eigenvalue weighted by Gasteiger charge is -2.18. The number of nitrogens with one attached hydrogen (secondary N) is 1. The smallest absolute Gasteiger partial charge is 0.109 e. The van der Waals surface area contributed by atoms with E-state index in [0.717, 1.165) is 11.6 Å². The monoisotopic (exact) mass is 264 g/mol. The average Bonchev–Trinajstić information content (AvgIpc) is 2.96. The lowest BCUT2D eigenvalue weighted by atomic mass is 10.1. The van der Waals surface area contributed by atoms with E-state index in [1.54, 1.807) is 11.3 Å². The van der Waals surface area contributed by atoms with E-state index < -0.39 is 0 Å². The molecule has 1 N–H and O–H groups in total. The Bertz CT molecular complexity index is 481. The maximum atomic E-state index is 4.39. The first-order valence-electron chi connectivity index (χ1n) is 6.13. The zero-order chi connectivity index (χ0) is 13.2. The fraction of sp³-hybridized carbons (Fsp3) is 0.538. The highest BCUT2D eigenvalue weighted by molar-refractivity contribution is 7.09. The molecule has 0 aliphatic carbocycles. The van der Waals surface area contributed by atoms with Gasteiger partial charge in [0.2, 0.25) is 0 Å². The first-order valence-corrected chi connectivity index (χ1v) is 7.01. The first kappa shape index (κ1) is 13.2. The summed E-state index contributed by atoms with van der Waals surface area (Å²) in [5, 5.41) is 11.0. The molecule has 18 heavy (non-hydrogen) atoms. The molecule has 1 atom stereocenters. The maximum Gasteiger partial charge on any atom is 0.109 e. The van der Waals surface area contributed by atoms with Crippen molar-refractivity contribution >= 4 is 11.3 Å². The quantitative estimate of drug-likeness (QED) is 0.923. The van der Waals surface area contributed by atoms with Gasteiger partial charge in [0.1, 0.15) is 5.01 Å². The predicted octanol–water partition coefficient (Wildman–Crippen LogP) is 2.95. The average molecular weight is 264 g/mol. The second-order valence-electron chi connectivity index (χ2n) is 5.44. The molecule has 0 amide bonds. The lowest BCUT2D eigenvalue weighted by Crippen LogP contribution is -2.22. The molecule has 0 spiro atoms. The molecule has 0 unspecified atom stereocenters. The molecule has 2 aromatic rings. The van der Waals surface area contributed by atoms with Gasteiger partial charge in [0, 0.05) is 29.9 Å². The highest BCUT2D eigenvalue weighted by Crippen LogP contribution is 2.16. The summed E-state index contributed by atoms with van der Waals surface area (Å²) in [5.41, 5.74) is 1.24. The molecular formula is C13H20N4S. The Morgan fingerprint density at radius 3 is 2.78 bits per heavy atom. The minimum absolute atomic E-state index is 0.0408. The van der Waals surface area contributed by atoms with Crippen LogP contribution in [0.3, 0.4) is 0 Å². The molecule has 0 aliphatic rings. The fourth-order valence-electron chi connectivity index (χ4n) is 1.62. The van der Waals surface area contributed by atoms with E-state index in [1.165, 1.54) is 5.56 Å². The van der Waals surface area contributed by atoms with Gasteiger partial charge < -0.3 is 5.32 Å². The Labute approximate surface area is 112 Å². The molecule has 0 fully saturated rings.